The Morgan fingerprint density at radius 3 is 1.26 bits per heavy atom. The van der Waals surface area contributed by atoms with Crippen LogP contribution >= 0.6 is 23.2 Å². The molecule has 0 aromatic rings. The number of esters is 2. The fraction of sp³-hybridized carbons (Fsp3) is 0.882. The van der Waals surface area contributed by atoms with Gasteiger partial charge in [-0.2, -0.15) is 0 Å². The van der Waals surface area contributed by atoms with Crippen LogP contribution in [0.2, 0.25) is 0 Å². The van der Waals surface area contributed by atoms with Gasteiger partial charge in [-0.25, -0.2) is 0 Å². The van der Waals surface area contributed by atoms with E-state index in [9.17, 15) is 9.59 Å². The van der Waals surface area contributed by atoms with E-state index < -0.39 is 0 Å². The van der Waals surface area contributed by atoms with Crippen LogP contribution in [0.3, 0.4) is 0 Å². The second-order valence-corrected chi connectivity index (χ2v) is 6.26. The molecule has 0 bridgehead atoms. The molecule has 0 aliphatic heterocycles. The van der Waals surface area contributed by atoms with Crippen molar-refractivity contribution >= 4 is 35.1 Å². The second kappa shape index (κ2) is 17.9. The Morgan fingerprint density at radius 1 is 0.565 bits per heavy atom. The summed E-state index contributed by atoms with van der Waals surface area (Å²) in [5.41, 5.74) is 0. The maximum Gasteiger partial charge on any atom is 0.305 e. The van der Waals surface area contributed by atoms with E-state index in [-0.39, 0.29) is 11.9 Å². The van der Waals surface area contributed by atoms with Crippen LogP contribution in [0.25, 0.3) is 0 Å². The normalized spacial score (nSPS) is 10.5. The molecule has 0 spiro atoms. The maximum atomic E-state index is 11.2. The van der Waals surface area contributed by atoms with Crippen LogP contribution < -0.4 is 0 Å². The number of hydrogen-bond acceptors (Lipinski definition) is 4. The van der Waals surface area contributed by atoms with Gasteiger partial charge < -0.3 is 9.47 Å². The number of rotatable bonds is 16. The van der Waals surface area contributed by atoms with Gasteiger partial charge in [-0.15, -0.1) is 23.2 Å². The van der Waals surface area contributed by atoms with Crippen LogP contribution in [0.4, 0.5) is 0 Å². The standard InChI is InChI=1S/C17H30Cl2O4/c18-12-8-10-16(20)22-14-6-4-2-1-3-5-7-15-23-17(21)11-9-13-19/h1-15H2. The van der Waals surface area contributed by atoms with Crippen molar-refractivity contribution < 1.29 is 19.1 Å². The van der Waals surface area contributed by atoms with E-state index in [2.05, 4.69) is 0 Å². The molecule has 0 rings (SSSR count). The molecule has 0 aromatic heterocycles. The van der Waals surface area contributed by atoms with E-state index in [1.165, 1.54) is 6.42 Å². The van der Waals surface area contributed by atoms with Crippen LogP contribution in [0.5, 0.6) is 0 Å². The number of hydrogen-bond donors (Lipinski definition) is 0. The van der Waals surface area contributed by atoms with Crippen molar-refractivity contribution in [3.63, 3.8) is 0 Å². The first kappa shape index (κ1) is 22.5. The molecule has 23 heavy (non-hydrogen) atoms. The summed E-state index contributed by atoms with van der Waals surface area (Å²) >= 11 is 11.0. The third kappa shape index (κ3) is 17.7. The molecule has 0 aromatic carbocycles. The van der Waals surface area contributed by atoms with Crippen LogP contribution in [0.1, 0.15) is 70.6 Å². The smallest absolute Gasteiger partial charge is 0.305 e. The zero-order valence-electron chi connectivity index (χ0n) is 14.0. The minimum Gasteiger partial charge on any atom is -0.466 e. The van der Waals surface area contributed by atoms with E-state index in [1.807, 2.05) is 0 Å². The summed E-state index contributed by atoms with van der Waals surface area (Å²) in [6.07, 6.45) is 9.66. The number of ether oxygens (including phenoxy) is 2. The Labute approximate surface area is 150 Å². The van der Waals surface area contributed by atoms with Crippen molar-refractivity contribution in [3.05, 3.63) is 0 Å². The number of carbonyl (C=O) groups is 2. The summed E-state index contributed by atoms with van der Waals surface area (Å²) in [5.74, 6) is 0.709. The molecule has 0 aliphatic rings. The van der Waals surface area contributed by atoms with Gasteiger partial charge >= 0.3 is 11.9 Å². The number of carbonyl (C=O) groups excluding carboxylic acids is 2. The molecule has 0 heterocycles. The lowest BCUT2D eigenvalue weighted by atomic mass is 10.1. The van der Waals surface area contributed by atoms with Gasteiger partial charge in [0.05, 0.1) is 13.2 Å². The van der Waals surface area contributed by atoms with Crippen LogP contribution in [0, 0.1) is 0 Å². The van der Waals surface area contributed by atoms with Crippen molar-refractivity contribution in [1.82, 2.24) is 0 Å². The molecule has 6 heteroatoms. The first-order chi connectivity index (χ1) is 11.2. The highest BCUT2D eigenvalue weighted by Crippen LogP contribution is 2.08. The molecule has 0 radical (unpaired) electrons. The fourth-order valence-electron chi connectivity index (χ4n) is 2.03. The van der Waals surface area contributed by atoms with Crippen LogP contribution in [0.15, 0.2) is 0 Å². The van der Waals surface area contributed by atoms with Gasteiger partial charge in [0, 0.05) is 24.6 Å². The summed E-state index contributed by atoms with van der Waals surface area (Å²) < 4.78 is 10.2. The first-order valence-electron chi connectivity index (χ1n) is 8.64. The lowest BCUT2D eigenvalue weighted by Crippen LogP contribution is -2.06. The van der Waals surface area contributed by atoms with Gasteiger partial charge in [-0.1, -0.05) is 32.1 Å². The maximum absolute atomic E-state index is 11.2. The highest BCUT2D eigenvalue weighted by Gasteiger charge is 2.02. The Bertz CT molecular complexity index is 270. The molecular weight excluding hydrogens is 339 g/mol. The molecule has 4 nitrogen and oxygen atoms in total. The van der Waals surface area contributed by atoms with Gasteiger partial charge in [-0.3, -0.25) is 9.59 Å². The average molecular weight is 369 g/mol. The molecule has 0 saturated heterocycles. The molecule has 0 unspecified atom stereocenters. The highest BCUT2D eigenvalue weighted by molar-refractivity contribution is 6.18. The number of halogens is 2. The largest absolute Gasteiger partial charge is 0.466 e. The minimum absolute atomic E-state index is 0.147. The van der Waals surface area contributed by atoms with Gasteiger partial charge in [0.15, 0.2) is 0 Å². The quantitative estimate of drug-likeness (QED) is 0.222. The summed E-state index contributed by atoms with van der Waals surface area (Å²) in [7, 11) is 0. The van der Waals surface area contributed by atoms with E-state index in [4.69, 9.17) is 32.7 Å². The zero-order valence-corrected chi connectivity index (χ0v) is 15.5. The SMILES string of the molecule is O=C(CCCCl)OCCCCCCCCCOC(=O)CCCCl. The predicted octanol–water partition coefficient (Wildman–Crippen LogP) is 4.84. The Hall–Kier alpha value is -0.480. The van der Waals surface area contributed by atoms with Crippen molar-refractivity contribution in [2.45, 2.75) is 70.6 Å². The molecule has 0 aliphatic carbocycles. The van der Waals surface area contributed by atoms with Gasteiger partial charge in [-0.05, 0) is 25.7 Å². The lowest BCUT2D eigenvalue weighted by molar-refractivity contribution is -0.144. The van der Waals surface area contributed by atoms with Crippen molar-refractivity contribution in [2.24, 2.45) is 0 Å². The molecule has 0 atom stereocenters. The third-order valence-corrected chi connectivity index (χ3v) is 3.88. The van der Waals surface area contributed by atoms with E-state index in [0.29, 0.717) is 50.7 Å². The van der Waals surface area contributed by atoms with E-state index in [1.54, 1.807) is 0 Å². The van der Waals surface area contributed by atoms with E-state index >= 15 is 0 Å². The predicted molar refractivity (Wildman–Crippen MR) is 94.1 cm³/mol. The molecule has 0 saturated carbocycles. The van der Waals surface area contributed by atoms with E-state index in [0.717, 1.165) is 38.5 Å². The molecule has 136 valence electrons. The van der Waals surface area contributed by atoms with Crippen molar-refractivity contribution in [2.75, 3.05) is 25.0 Å². The molecule has 0 fully saturated rings. The Kier molecular flexibility index (Phi) is 17.5. The fourth-order valence-corrected chi connectivity index (χ4v) is 2.29. The second-order valence-electron chi connectivity index (χ2n) is 5.50. The average Bonchev–Trinajstić information content (AvgIpc) is 2.55. The van der Waals surface area contributed by atoms with Crippen molar-refractivity contribution in [3.8, 4) is 0 Å². The topological polar surface area (TPSA) is 52.6 Å². The summed E-state index contributed by atoms with van der Waals surface area (Å²) in [4.78, 5) is 22.4. The van der Waals surface area contributed by atoms with Crippen molar-refractivity contribution in [1.29, 1.82) is 0 Å². The molecule has 0 amide bonds. The molecular formula is C17H30Cl2O4. The Morgan fingerprint density at radius 2 is 0.913 bits per heavy atom. The lowest BCUT2D eigenvalue weighted by Gasteiger charge is -2.05. The summed E-state index contributed by atoms with van der Waals surface area (Å²) in [6, 6.07) is 0. The van der Waals surface area contributed by atoms with Gasteiger partial charge in [0.1, 0.15) is 0 Å². The monoisotopic (exact) mass is 368 g/mol. The highest BCUT2D eigenvalue weighted by atomic mass is 35.5. The van der Waals surface area contributed by atoms with Gasteiger partial charge in [0.25, 0.3) is 0 Å². The Balaban J connectivity index is 3.16. The number of unbranched alkanes of at least 4 members (excludes halogenated alkanes) is 6. The minimum atomic E-state index is -0.147. The summed E-state index contributed by atoms with van der Waals surface area (Å²) in [6.45, 7) is 1.03. The van der Waals surface area contributed by atoms with Crippen LogP contribution in [-0.2, 0) is 19.1 Å². The third-order valence-electron chi connectivity index (χ3n) is 3.34. The zero-order chi connectivity index (χ0) is 17.2. The van der Waals surface area contributed by atoms with Gasteiger partial charge in [0.2, 0.25) is 0 Å². The van der Waals surface area contributed by atoms with Crippen LogP contribution in [-0.4, -0.2) is 36.9 Å². The number of alkyl halides is 2. The molecule has 0 N–H and O–H groups in total. The first-order valence-corrected chi connectivity index (χ1v) is 9.70. The summed E-state index contributed by atoms with van der Waals surface area (Å²) in [5, 5.41) is 0.